The maximum absolute atomic E-state index is 11.9. The van der Waals surface area contributed by atoms with Gasteiger partial charge >= 0.3 is 0 Å². The lowest BCUT2D eigenvalue weighted by Crippen LogP contribution is -2.26. The van der Waals surface area contributed by atoms with Crippen molar-refractivity contribution in [2.75, 3.05) is 0 Å². The maximum Gasteiger partial charge on any atom is 0.155 e. The van der Waals surface area contributed by atoms with E-state index < -0.39 is 10.9 Å². The number of thiol groups is 1. The zero-order chi connectivity index (χ0) is 17.6. The molecule has 0 radical (unpaired) electrons. The molecule has 1 aliphatic heterocycles. The van der Waals surface area contributed by atoms with Crippen molar-refractivity contribution in [3.05, 3.63) is 118 Å². The van der Waals surface area contributed by atoms with Gasteiger partial charge in [-0.3, -0.25) is 4.79 Å². The minimum Gasteiger partial charge on any atom is -0.297 e. The second-order valence-corrected chi connectivity index (χ2v) is 8.81. The summed E-state index contributed by atoms with van der Waals surface area (Å²) < 4.78 is -0.316. The molecule has 2 heteroatoms. The number of carbonyl (C=O) groups excluding carboxylic acids is 1. The number of benzene rings is 3. The second kappa shape index (κ2) is 5.86. The van der Waals surface area contributed by atoms with Gasteiger partial charge in [0.1, 0.15) is 0 Å². The summed E-state index contributed by atoms with van der Waals surface area (Å²) in [5.41, 5.74) is 6.42. The van der Waals surface area contributed by atoms with Gasteiger partial charge in [0.15, 0.2) is 6.29 Å². The van der Waals surface area contributed by atoms with Crippen molar-refractivity contribution in [2.45, 2.75) is 4.75 Å². The molecule has 1 aliphatic carbocycles. The molecule has 3 aromatic rings. The Hall–Kier alpha value is -2.84. The summed E-state index contributed by atoms with van der Waals surface area (Å²) in [6.45, 7) is 0. The maximum atomic E-state index is 11.9. The number of rotatable bonds is 3. The molecule has 0 fully saturated rings. The molecule has 26 heavy (non-hydrogen) atoms. The number of aldehydes is 1. The summed E-state index contributed by atoms with van der Waals surface area (Å²) in [7, 11) is -0.831. The Labute approximate surface area is 156 Å². The van der Waals surface area contributed by atoms with E-state index in [-0.39, 0.29) is 4.75 Å². The highest BCUT2D eigenvalue weighted by Crippen LogP contribution is 2.68. The highest BCUT2D eigenvalue weighted by atomic mass is 32.2. The van der Waals surface area contributed by atoms with E-state index >= 15 is 0 Å². The van der Waals surface area contributed by atoms with Crippen molar-refractivity contribution in [3.63, 3.8) is 0 Å². The molecule has 3 aromatic carbocycles. The van der Waals surface area contributed by atoms with Crippen LogP contribution in [0.15, 0.2) is 101 Å². The standard InChI is InChI=1S/C24H18OS/c25-17-19-11-8-16-26(19)24(18-9-2-1-3-10-18)22-14-6-4-12-20(22)21-13-5-7-15-23(21)24/h1-17,26H. The fraction of sp³-hybridized carbons (Fsp3) is 0.0417. The van der Waals surface area contributed by atoms with Crippen molar-refractivity contribution in [1.29, 1.82) is 0 Å². The van der Waals surface area contributed by atoms with Crippen LogP contribution in [0.5, 0.6) is 0 Å². The fourth-order valence-electron chi connectivity index (χ4n) is 4.40. The van der Waals surface area contributed by atoms with Crippen molar-refractivity contribution < 1.29 is 4.79 Å². The lowest BCUT2D eigenvalue weighted by molar-refractivity contribution is -0.104. The van der Waals surface area contributed by atoms with Gasteiger partial charge in [-0.25, -0.2) is 0 Å². The zero-order valence-electron chi connectivity index (χ0n) is 14.2. The molecule has 0 bridgehead atoms. The van der Waals surface area contributed by atoms with Crippen LogP contribution in [0.4, 0.5) is 0 Å². The minimum absolute atomic E-state index is 0.316. The van der Waals surface area contributed by atoms with Crippen LogP contribution in [0.25, 0.3) is 11.1 Å². The van der Waals surface area contributed by atoms with Crippen molar-refractivity contribution >= 4 is 17.2 Å². The summed E-state index contributed by atoms with van der Waals surface area (Å²) in [5, 5.41) is 2.24. The molecule has 126 valence electrons. The van der Waals surface area contributed by atoms with Gasteiger partial charge in [0.05, 0.1) is 4.75 Å². The Morgan fingerprint density at radius 2 is 1.31 bits per heavy atom. The van der Waals surface area contributed by atoms with Crippen LogP contribution in [0, 0.1) is 0 Å². The van der Waals surface area contributed by atoms with Crippen LogP contribution in [-0.2, 0) is 9.54 Å². The minimum atomic E-state index is -0.831. The molecular formula is C24H18OS. The first kappa shape index (κ1) is 15.4. The average Bonchev–Trinajstić information content (AvgIpc) is 3.30. The van der Waals surface area contributed by atoms with Crippen LogP contribution in [-0.4, -0.2) is 6.29 Å². The first-order chi connectivity index (χ1) is 12.9. The largest absolute Gasteiger partial charge is 0.297 e. The lowest BCUT2D eigenvalue weighted by Gasteiger charge is -2.41. The molecule has 0 amide bonds. The molecule has 0 spiro atoms. The summed E-state index contributed by atoms with van der Waals surface area (Å²) in [5.74, 6) is 0. The molecule has 2 aliphatic rings. The quantitative estimate of drug-likeness (QED) is 0.481. The molecule has 0 aromatic heterocycles. The van der Waals surface area contributed by atoms with Crippen LogP contribution in [0.1, 0.15) is 16.7 Å². The molecule has 0 N–H and O–H groups in total. The van der Waals surface area contributed by atoms with E-state index in [1.54, 1.807) is 0 Å². The van der Waals surface area contributed by atoms with E-state index in [1.165, 1.54) is 27.8 Å². The van der Waals surface area contributed by atoms with Crippen molar-refractivity contribution in [2.24, 2.45) is 0 Å². The number of fused-ring (bicyclic) bond motifs is 3. The summed E-state index contributed by atoms with van der Waals surface area (Å²) in [4.78, 5) is 12.8. The first-order valence-corrected chi connectivity index (χ1v) is 10.2. The number of hydrogen-bond acceptors (Lipinski definition) is 1. The predicted molar refractivity (Wildman–Crippen MR) is 110 cm³/mol. The van der Waals surface area contributed by atoms with E-state index in [1.807, 2.05) is 12.2 Å². The van der Waals surface area contributed by atoms with E-state index in [0.29, 0.717) is 0 Å². The molecule has 0 saturated carbocycles. The molecule has 1 atom stereocenters. The third-order valence-corrected chi connectivity index (χ3v) is 8.12. The number of hydrogen-bond donors (Lipinski definition) is 1. The second-order valence-electron chi connectivity index (χ2n) is 6.59. The normalized spacial score (nSPS) is 20.3. The number of allylic oxidation sites excluding steroid dienone is 3. The Kier molecular flexibility index (Phi) is 3.47. The third kappa shape index (κ3) is 1.91. The van der Waals surface area contributed by atoms with Gasteiger partial charge in [-0.15, -0.1) is 0 Å². The third-order valence-electron chi connectivity index (χ3n) is 5.38. The van der Waals surface area contributed by atoms with Gasteiger partial charge in [-0.05, 0) is 39.3 Å². The Bertz CT molecular complexity index is 1020. The SMILES string of the molecule is O=CC1=CC=C[SH]1C1(c2ccccc2)c2ccccc2-c2ccccc21. The van der Waals surface area contributed by atoms with Gasteiger partial charge in [-0.2, -0.15) is 10.9 Å². The van der Waals surface area contributed by atoms with Gasteiger partial charge < -0.3 is 0 Å². The Morgan fingerprint density at radius 1 is 0.731 bits per heavy atom. The van der Waals surface area contributed by atoms with Crippen LogP contribution in [0.2, 0.25) is 0 Å². The summed E-state index contributed by atoms with van der Waals surface area (Å²) in [6.07, 6.45) is 5.07. The van der Waals surface area contributed by atoms with Crippen LogP contribution in [0.3, 0.4) is 0 Å². The van der Waals surface area contributed by atoms with Crippen molar-refractivity contribution in [3.8, 4) is 11.1 Å². The fourth-order valence-corrected chi connectivity index (χ4v) is 7.13. The van der Waals surface area contributed by atoms with E-state index in [0.717, 1.165) is 11.2 Å². The first-order valence-electron chi connectivity index (χ1n) is 8.75. The molecule has 0 saturated heterocycles. The Morgan fingerprint density at radius 3 is 1.92 bits per heavy atom. The van der Waals surface area contributed by atoms with Gasteiger partial charge in [-0.1, -0.05) is 84.9 Å². The zero-order valence-corrected chi connectivity index (χ0v) is 15.1. The van der Waals surface area contributed by atoms with Crippen molar-refractivity contribution in [1.82, 2.24) is 0 Å². The van der Waals surface area contributed by atoms with Crippen LogP contribution >= 0.6 is 10.9 Å². The van der Waals surface area contributed by atoms with E-state index in [9.17, 15) is 4.79 Å². The summed E-state index contributed by atoms with van der Waals surface area (Å²) in [6, 6.07) is 28.0. The van der Waals surface area contributed by atoms with E-state index in [2.05, 4.69) is 84.3 Å². The molecule has 1 unspecified atom stereocenters. The van der Waals surface area contributed by atoms with Gasteiger partial charge in [0.2, 0.25) is 0 Å². The van der Waals surface area contributed by atoms with Crippen LogP contribution < -0.4 is 0 Å². The molecule has 1 heterocycles. The smallest absolute Gasteiger partial charge is 0.155 e. The van der Waals surface area contributed by atoms with Gasteiger partial charge in [0.25, 0.3) is 0 Å². The monoisotopic (exact) mass is 354 g/mol. The Balaban J connectivity index is 1.94. The topological polar surface area (TPSA) is 17.1 Å². The summed E-state index contributed by atoms with van der Waals surface area (Å²) >= 11 is 0. The predicted octanol–water partition coefficient (Wildman–Crippen LogP) is 5.57. The molecule has 5 rings (SSSR count). The molecule has 1 nitrogen and oxygen atoms in total. The highest BCUT2D eigenvalue weighted by Gasteiger charge is 2.49. The molecular weight excluding hydrogens is 336 g/mol. The number of carbonyl (C=O) groups is 1. The van der Waals surface area contributed by atoms with Gasteiger partial charge in [0, 0.05) is 4.91 Å². The highest BCUT2D eigenvalue weighted by molar-refractivity contribution is 8.24. The lowest BCUT2D eigenvalue weighted by atomic mass is 9.88. The average molecular weight is 354 g/mol. The van der Waals surface area contributed by atoms with E-state index in [4.69, 9.17) is 0 Å².